The van der Waals surface area contributed by atoms with Crippen molar-refractivity contribution in [3.8, 4) is 11.3 Å². The van der Waals surface area contributed by atoms with Gasteiger partial charge in [0.25, 0.3) is 0 Å². The summed E-state index contributed by atoms with van der Waals surface area (Å²) in [6.45, 7) is 1.99. The summed E-state index contributed by atoms with van der Waals surface area (Å²) in [5.41, 5.74) is 8.29. The Bertz CT molecular complexity index is 436. The molecule has 0 unspecified atom stereocenters. The number of hydrogen-bond donors (Lipinski definition) is 1. The summed E-state index contributed by atoms with van der Waals surface area (Å²) < 4.78 is 0. The molecule has 0 aliphatic rings. The number of nitrogen functional groups attached to an aromatic ring is 1. The molecule has 4 heteroatoms. The highest BCUT2D eigenvalue weighted by molar-refractivity contribution is 5.58. The molecule has 0 amide bonds. The smallest absolute Gasteiger partial charge is 0.146 e. The van der Waals surface area contributed by atoms with Gasteiger partial charge in [-0.1, -0.05) is 0 Å². The van der Waals surface area contributed by atoms with Gasteiger partial charge < -0.3 is 5.73 Å². The van der Waals surface area contributed by atoms with E-state index in [1.807, 2.05) is 19.1 Å². The van der Waals surface area contributed by atoms with E-state index in [4.69, 9.17) is 5.73 Å². The van der Waals surface area contributed by atoms with Crippen LogP contribution in [0.3, 0.4) is 0 Å². The molecule has 0 radical (unpaired) electrons. The number of pyridine rings is 1. The van der Waals surface area contributed by atoms with Crippen molar-refractivity contribution in [2.24, 2.45) is 0 Å². The quantitative estimate of drug-likeness (QED) is 0.731. The Morgan fingerprint density at radius 1 is 1.14 bits per heavy atom. The molecule has 0 aliphatic heterocycles. The first-order chi connectivity index (χ1) is 6.75. The molecule has 14 heavy (non-hydrogen) atoms. The number of nitrogens with two attached hydrogens (primary N) is 1. The van der Waals surface area contributed by atoms with Gasteiger partial charge in [0.2, 0.25) is 0 Å². The second-order valence-electron chi connectivity index (χ2n) is 3.09. The molecule has 0 bridgehead atoms. The summed E-state index contributed by atoms with van der Waals surface area (Å²) >= 11 is 0. The topological polar surface area (TPSA) is 64.7 Å². The molecule has 0 fully saturated rings. The van der Waals surface area contributed by atoms with Gasteiger partial charge in [-0.05, 0) is 30.7 Å². The van der Waals surface area contributed by atoms with E-state index in [2.05, 4.69) is 15.2 Å². The molecule has 0 atom stereocenters. The Morgan fingerprint density at radius 2 is 2.00 bits per heavy atom. The molecule has 0 aliphatic carbocycles. The van der Waals surface area contributed by atoms with E-state index in [1.54, 1.807) is 18.5 Å². The predicted molar refractivity (Wildman–Crippen MR) is 54.4 cm³/mol. The maximum atomic E-state index is 5.45. The predicted octanol–water partition coefficient (Wildman–Crippen LogP) is 1.43. The zero-order valence-electron chi connectivity index (χ0n) is 7.81. The van der Waals surface area contributed by atoms with E-state index in [0.29, 0.717) is 5.82 Å². The number of anilines is 1. The third-order valence-electron chi connectivity index (χ3n) is 1.86. The third kappa shape index (κ3) is 1.69. The van der Waals surface area contributed by atoms with Gasteiger partial charge in [-0.15, -0.1) is 10.2 Å². The fourth-order valence-corrected chi connectivity index (χ4v) is 1.19. The van der Waals surface area contributed by atoms with Gasteiger partial charge in [0.15, 0.2) is 0 Å². The van der Waals surface area contributed by atoms with E-state index in [0.717, 1.165) is 16.8 Å². The van der Waals surface area contributed by atoms with Crippen LogP contribution in [0.1, 0.15) is 5.56 Å². The average molecular weight is 186 g/mol. The fraction of sp³-hybridized carbons (Fsp3) is 0.100. The molecule has 2 rings (SSSR count). The highest BCUT2D eigenvalue weighted by Crippen LogP contribution is 2.15. The van der Waals surface area contributed by atoms with Crippen molar-refractivity contribution < 1.29 is 0 Å². The van der Waals surface area contributed by atoms with Crippen LogP contribution in [0.4, 0.5) is 5.82 Å². The lowest BCUT2D eigenvalue weighted by atomic mass is 10.1. The van der Waals surface area contributed by atoms with Crippen LogP contribution in [0, 0.1) is 6.92 Å². The van der Waals surface area contributed by atoms with Crippen molar-refractivity contribution in [3.63, 3.8) is 0 Å². The van der Waals surface area contributed by atoms with Crippen LogP contribution in [-0.4, -0.2) is 15.2 Å². The van der Waals surface area contributed by atoms with Crippen molar-refractivity contribution in [3.05, 3.63) is 36.2 Å². The zero-order chi connectivity index (χ0) is 9.97. The van der Waals surface area contributed by atoms with Crippen molar-refractivity contribution in [1.29, 1.82) is 0 Å². The number of hydrogen-bond acceptors (Lipinski definition) is 4. The van der Waals surface area contributed by atoms with Crippen LogP contribution in [0.5, 0.6) is 0 Å². The summed E-state index contributed by atoms with van der Waals surface area (Å²) in [4.78, 5) is 4.08. The minimum atomic E-state index is 0.425. The first kappa shape index (κ1) is 8.62. The fourth-order valence-electron chi connectivity index (χ4n) is 1.19. The molecule has 2 heterocycles. The molecule has 0 aromatic carbocycles. The molecule has 2 aromatic heterocycles. The molecule has 0 saturated heterocycles. The molecule has 4 nitrogen and oxygen atoms in total. The molecule has 70 valence electrons. The zero-order valence-corrected chi connectivity index (χ0v) is 7.81. The molecular formula is C10H10N4. The standard InChI is InChI=1S/C10H10N4/c1-7-4-8(6-12-5-7)9-2-3-10(11)14-13-9/h2-6H,1H3,(H2,11,14). The van der Waals surface area contributed by atoms with E-state index in [9.17, 15) is 0 Å². The summed E-state index contributed by atoms with van der Waals surface area (Å²) in [5.74, 6) is 0.425. The van der Waals surface area contributed by atoms with Gasteiger partial charge in [0, 0.05) is 18.0 Å². The summed E-state index contributed by atoms with van der Waals surface area (Å²) in [5, 5.41) is 7.76. The second-order valence-corrected chi connectivity index (χ2v) is 3.09. The van der Waals surface area contributed by atoms with Crippen LogP contribution in [0.2, 0.25) is 0 Å². The number of aromatic nitrogens is 3. The largest absolute Gasteiger partial charge is 0.382 e. The second kappa shape index (κ2) is 3.41. The van der Waals surface area contributed by atoms with Gasteiger partial charge in [-0.2, -0.15) is 0 Å². The minimum absolute atomic E-state index is 0.425. The third-order valence-corrected chi connectivity index (χ3v) is 1.86. The molecule has 0 saturated carbocycles. The highest BCUT2D eigenvalue weighted by atomic mass is 15.1. The first-order valence-corrected chi connectivity index (χ1v) is 4.27. The van der Waals surface area contributed by atoms with E-state index < -0.39 is 0 Å². The molecule has 0 spiro atoms. The Kier molecular flexibility index (Phi) is 2.10. The van der Waals surface area contributed by atoms with Crippen molar-refractivity contribution in [1.82, 2.24) is 15.2 Å². The minimum Gasteiger partial charge on any atom is -0.382 e. The average Bonchev–Trinajstić information content (AvgIpc) is 2.19. The van der Waals surface area contributed by atoms with Crippen LogP contribution in [-0.2, 0) is 0 Å². The van der Waals surface area contributed by atoms with Gasteiger partial charge in [-0.3, -0.25) is 4.98 Å². The molecule has 2 aromatic rings. The van der Waals surface area contributed by atoms with E-state index >= 15 is 0 Å². The van der Waals surface area contributed by atoms with Gasteiger partial charge >= 0.3 is 0 Å². The Morgan fingerprint density at radius 3 is 2.64 bits per heavy atom. The van der Waals surface area contributed by atoms with Crippen LogP contribution < -0.4 is 5.73 Å². The van der Waals surface area contributed by atoms with Gasteiger partial charge in [0.1, 0.15) is 5.82 Å². The molecule has 2 N–H and O–H groups in total. The number of rotatable bonds is 1. The van der Waals surface area contributed by atoms with Crippen LogP contribution in [0.25, 0.3) is 11.3 Å². The lowest BCUT2D eigenvalue weighted by Gasteiger charge is -2.00. The first-order valence-electron chi connectivity index (χ1n) is 4.27. The van der Waals surface area contributed by atoms with E-state index in [1.165, 1.54) is 0 Å². The lowest BCUT2D eigenvalue weighted by molar-refractivity contribution is 1.05. The van der Waals surface area contributed by atoms with Crippen LogP contribution in [0.15, 0.2) is 30.6 Å². The van der Waals surface area contributed by atoms with Gasteiger partial charge in [-0.25, -0.2) is 0 Å². The Balaban J connectivity index is 2.44. The van der Waals surface area contributed by atoms with Crippen LogP contribution >= 0.6 is 0 Å². The van der Waals surface area contributed by atoms with E-state index in [-0.39, 0.29) is 0 Å². The van der Waals surface area contributed by atoms with Crippen molar-refractivity contribution in [2.45, 2.75) is 6.92 Å². The van der Waals surface area contributed by atoms with Crippen molar-refractivity contribution in [2.75, 3.05) is 5.73 Å². The SMILES string of the molecule is Cc1cncc(-c2ccc(N)nn2)c1. The lowest BCUT2D eigenvalue weighted by Crippen LogP contribution is -1.94. The summed E-state index contributed by atoms with van der Waals surface area (Å²) in [6.07, 6.45) is 3.56. The normalized spacial score (nSPS) is 10.1. The summed E-state index contributed by atoms with van der Waals surface area (Å²) in [6, 6.07) is 5.57. The maximum absolute atomic E-state index is 5.45. The van der Waals surface area contributed by atoms with Gasteiger partial charge in [0.05, 0.1) is 5.69 Å². The Hall–Kier alpha value is -1.97. The Labute approximate surface area is 81.8 Å². The summed E-state index contributed by atoms with van der Waals surface area (Å²) in [7, 11) is 0. The molecular weight excluding hydrogens is 176 g/mol. The number of aryl methyl sites for hydroxylation is 1. The maximum Gasteiger partial charge on any atom is 0.146 e. The van der Waals surface area contributed by atoms with Crippen molar-refractivity contribution >= 4 is 5.82 Å². The monoisotopic (exact) mass is 186 g/mol. The highest BCUT2D eigenvalue weighted by Gasteiger charge is 1.99. The number of nitrogens with zero attached hydrogens (tertiary/aromatic N) is 3.